The van der Waals surface area contributed by atoms with E-state index in [9.17, 15) is 4.79 Å². The second kappa shape index (κ2) is 7.23. The van der Waals surface area contributed by atoms with Crippen molar-refractivity contribution in [2.45, 2.75) is 19.4 Å². The van der Waals surface area contributed by atoms with Gasteiger partial charge in [0.2, 0.25) is 5.91 Å². The third kappa shape index (κ3) is 3.56. The van der Waals surface area contributed by atoms with E-state index in [1.165, 1.54) is 0 Å². The van der Waals surface area contributed by atoms with Crippen molar-refractivity contribution in [1.29, 1.82) is 0 Å². The molecule has 6 heteroatoms. The number of benzene rings is 1. The van der Waals surface area contributed by atoms with Crippen molar-refractivity contribution in [1.82, 2.24) is 15.3 Å². The molecule has 0 unspecified atom stereocenters. The number of pyridine rings is 2. The molecule has 27 heavy (non-hydrogen) atoms. The lowest BCUT2D eigenvalue weighted by molar-refractivity contribution is -0.119. The highest BCUT2D eigenvalue weighted by Crippen LogP contribution is 2.34. The van der Waals surface area contributed by atoms with Gasteiger partial charge in [-0.05, 0) is 42.8 Å². The van der Waals surface area contributed by atoms with Gasteiger partial charge in [-0.2, -0.15) is 0 Å². The number of nitrogens with zero attached hydrogens (tertiary/aromatic N) is 2. The first-order valence-corrected chi connectivity index (χ1v) is 8.95. The summed E-state index contributed by atoms with van der Waals surface area (Å²) in [5.41, 5.74) is 2.73. The number of ether oxygens (including phenoxy) is 2. The molecule has 138 valence electrons. The van der Waals surface area contributed by atoms with Crippen LogP contribution in [0.1, 0.15) is 13.3 Å². The smallest absolute Gasteiger partial charge is 0.220 e. The van der Waals surface area contributed by atoms with E-state index in [2.05, 4.69) is 15.3 Å². The molecule has 2 aromatic heterocycles. The zero-order valence-electron chi connectivity index (χ0n) is 15.3. The van der Waals surface area contributed by atoms with Gasteiger partial charge < -0.3 is 14.8 Å². The molecule has 1 fully saturated rings. The molecule has 0 spiro atoms. The molecule has 0 radical (unpaired) electrons. The molecule has 0 aliphatic carbocycles. The number of amides is 1. The van der Waals surface area contributed by atoms with Crippen LogP contribution in [-0.2, 0) is 4.79 Å². The Morgan fingerprint density at radius 3 is 2.89 bits per heavy atom. The van der Waals surface area contributed by atoms with Gasteiger partial charge in [0.1, 0.15) is 17.6 Å². The second-order valence-corrected chi connectivity index (χ2v) is 6.75. The summed E-state index contributed by atoms with van der Waals surface area (Å²) in [5, 5.41) is 3.82. The molecule has 1 N–H and O–H groups in total. The Morgan fingerprint density at radius 1 is 1.22 bits per heavy atom. The topological polar surface area (TPSA) is 73.3 Å². The molecule has 1 aliphatic rings. The normalized spacial score (nSPS) is 17.6. The standard InChI is InChI=1S/C21H21N3O3/c1-13(15-9-21(25)24-11-15)27-20-8-14(7-19-18(20)4-3-5-23-19)16-6-17(26-2)12-22-10-16/h3-8,10,12-13,15H,9,11H2,1-2H3,(H,24,25)/t13-,15+/m1/s1. The molecule has 0 saturated carbocycles. The van der Waals surface area contributed by atoms with Crippen molar-refractivity contribution in [3.05, 3.63) is 48.9 Å². The van der Waals surface area contributed by atoms with E-state index in [1.807, 2.05) is 37.3 Å². The summed E-state index contributed by atoms with van der Waals surface area (Å²) in [6, 6.07) is 9.85. The Hall–Kier alpha value is -3.15. The molecular formula is C21H21N3O3. The number of aromatic nitrogens is 2. The Labute approximate surface area is 157 Å². The van der Waals surface area contributed by atoms with Crippen molar-refractivity contribution in [3.63, 3.8) is 0 Å². The molecule has 4 rings (SSSR count). The van der Waals surface area contributed by atoms with Crippen LogP contribution in [0.25, 0.3) is 22.0 Å². The van der Waals surface area contributed by atoms with E-state index >= 15 is 0 Å². The van der Waals surface area contributed by atoms with Crippen LogP contribution in [0, 0.1) is 5.92 Å². The van der Waals surface area contributed by atoms with Crippen LogP contribution in [0.4, 0.5) is 0 Å². The highest BCUT2D eigenvalue weighted by molar-refractivity contribution is 5.90. The lowest BCUT2D eigenvalue weighted by Gasteiger charge is -2.21. The fraction of sp³-hybridized carbons (Fsp3) is 0.286. The number of carbonyl (C=O) groups excluding carboxylic acids is 1. The van der Waals surface area contributed by atoms with Gasteiger partial charge in [0.05, 0.1) is 18.8 Å². The number of nitrogens with one attached hydrogen (secondary N) is 1. The number of carbonyl (C=O) groups is 1. The first-order chi connectivity index (χ1) is 13.1. The molecule has 1 saturated heterocycles. The average Bonchev–Trinajstić information content (AvgIpc) is 3.14. The van der Waals surface area contributed by atoms with Crippen molar-refractivity contribution >= 4 is 16.8 Å². The van der Waals surface area contributed by atoms with Crippen LogP contribution in [0.2, 0.25) is 0 Å². The third-order valence-electron chi connectivity index (χ3n) is 4.95. The van der Waals surface area contributed by atoms with Gasteiger partial charge in [-0.25, -0.2) is 0 Å². The van der Waals surface area contributed by atoms with Crippen LogP contribution in [-0.4, -0.2) is 35.6 Å². The number of hydrogen-bond acceptors (Lipinski definition) is 5. The van der Waals surface area contributed by atoms with Crippen LogP contribution >= 0.6 is 0 Å². The Bertz CT molecular complexity index is 989. The largest absolute Gasteiger partial charge is 0.495 e. The summed E-state index contributed by atoms with van der Waals surface area (Å²) >= 11 is 0. The predicted octanol–water partition coefficient (Wildman–Crippen LogP) is 3.21. The highest BCUT2D eigenvalue weighted by atomic mass is 16.5. The summed E-state index contributed by atoms with van der Waals surface area (Å²) in [6.45, 7) is 2.66. The van der Waals surface area contributed by atoms with E-state index in [1.54, 1.807) is 25.7 Å². The lowest BCUT2D eigenvalue weighted by atomic mass is 10.0. The molecule has 6 nitrogen and oxygen atoms in total. The van der Waals surface area contributed by atoms with Crippen LogP contribution in [0.3, 0.4) is 0 Å². The van der Waals surface area contributed by atoms with Gasteiger partial charge in [0.25, 0.3) is 0 Å². The fourth-order valence-corrected chi connectivity index (χ4v) is 3.36. The van der Waals surface area contributed by atoms with Crippen molar-refractivity contribution in [3.8, 4) is 22.6 Å². The van der Waals surface area contributed by atoms with Crippen LogP contribution in [0.5, 0.6) is 11.5 Å². The van der Waals surface area contributed by atoms with Crippen LogP contribution in [0.15, 0.2) is 48.9 Å². The zero-order chi connectivity index (χ0) is 18.8. The van der Waals surface area contributed by atoms with Gasteiger partial charge in [0, 0.05) is 42.2 Å². The third-order valence-corrected chi connectivity index (χ3v) is 4.95. The summed E-state index contributed by atoms with van der Waals surface area (Å²) in [4.78, 5) is 20.3. The first-order valence-electron chi connectivity index (χ1n) is 8.95. The van der Waals surface area contributed by atoms with E-state index in [0.29, 0.717) is 18.7 Å². The molecule has 0 bridgehead atoms. The second-order valence-electron chi connectivity index (χ2n) is 6.75. The Morgan fingerprint density at radius 2 is 2.11 bits per heavy atom. The number of fused-ring (bicyclic) bond motifs is 1. The maximum atomic E-state index is 11.5. The van der Waals surface area contributed by atoms with Gasteiger partial charge >= 0.3 is 0 Å². The minimum atomic E-state index is -0.0916. The van der Waals surface area contributed by atoms with Gasteiger partial charge in [-0.1, -0.05) is 0 Å². The Balaban J connectivity index is 1.73. The number of rotatable bonds is 5. The van der Waals surface area contributed by atoms with Crippen LogP contribution < -0.4 is 14.8 Å². The van der Waals surface area contributed by atoms with E-state index in [4.69, 9.17) is 9.47 Å². The molecule has 1 aromatic carbocycles. The summed E-state index contributed by atoms with van der Waals surface area (Å²) in [7, 11) is 1.62. The van der Waals surface area contributed by atoms with Gasteiger partial charge in [-0.15, -0.1) is 0 Å². The molecule has 1 amide bonds. The maximum absolute atomic E-state index is 11.5. The zero-order valence-corrected chi connectivity index (χ0v) is 15.3. The number of hydrogen-bond donors (Lipinski definition) is 1. The van der Waals surface area contributed by atoms with Gasteiger partial charge in [0.15, 0.2) is 0 Å². The summed E-state index contributed by atoms with van der Waals surface area (Å²) in [6.07, 6.45) is 5.64. The Kier molecular flexibility index (Phi) is 4.62. The molecular weight excluding hydrogens is 342 g/mol. The van der Waals surface area contributed by atoms with Gasteiger partial charge in [-0.3, -0.25) is 14.8 Å². The van der Waals surface area contributed by atoms with Crippen molar-refractivity contribution in [2.24, 2.45) is 5.92 Å². The lowest BCUT2D eigenvalue weighted by Crippen LogP contribution is -2.25. The summed E-state index contributed by atoms with van der Waals surface area (Å²) < 4.78 is 11.6. The minimum Gasteiger partial charge on any atom is -0.495 e. The molecule has 3 aromatic rings. The monoisotopic (exact) mass is 363 g/mol. The quantitative estimate of drug-likeness (QED) is 0.753. The predicted molar refractivity (Wildman–Crippen MR) is 103 cm³/mol. The van der Waals surface area contributed by atoms with E-state index in [0.717, 1.165) is 27.8 Å². The molecule has 2 atom stereocenters. The van der Waals surface area contributed by atoms with E-state index in [-0.39, 0.29) is 17.9 Å². The molecule has 1 aliphatic heterocycles. The molecule has 3 heterocycles. The SMILES string of the molecule is COc1cncc(-c2cc(O[C@H](C)[C@@H]3CNC(=O)C3)c3cccnc3c2)c1. The van der Waals surface area contributed by atoms with Crippen molar-refractivity contribution in [2.75, 3.05) is 13.7 Å². The minimum absolute atomic E-state index is 0.0816. The van der Waals surface area contributed by atoms with Crippen molar-refractivity contribution < 1.29 is 14.3 Å². The average molecular weight is 363 g/mol. The maximum Gasteiger partial charge on any atom is 0.220 e. The van der Waals surface area contributed by atoms with E-state index < -0.39 is 0 Å². The highest BCUT2D eigenvalue weighted by Gasteiger charge is 2.28. The first kappa shape index (κ1) is 17.3. The number of methoxy groups -OCH3 is 1. The fourth-order valence-electron chi connectivity index (χ4n) is 3.36. The summed E-state index contributed by atoms with van der Waals surface area (Å²) in [5.74, 6) is 1.69.